The van der Waals surface area contributed by atoms with Gasteiger partial charge in [-0.2, -0.15) is 25.3 Å². The molecule has 12 heteroatoms. The lowest BCUT2D eigenvalue weighted by molar-refractivity contribution is -0.139. The molecule has 0 radical (unpaired) electrons. The zero-order valence-electron chi connectivity index (χ0n) is 14.2. The summed E-state index contributed by atoms with van der Waals surface area (Å²) in [6.45, 7) is -0.353. The summed E-state index contributed by atoms with van der Waals surface area (Å²) in [7, 11) is 1.43. The Morgan fingerprint density at radius 1 is 1.15 bits per heavy atom. The van der Waals surface area contributed by atoms with E-state index in [2.05, 4.69) is 41.2 Å². The molecule has 148 valence electrons. The molecule has 3 atom stereocenters. The smallest absolute Gasteiger partial charge is 0.320 e. The van der Waals surface area contributed by atoms with Crippen LogP contribution in [0.15, 0.2) is 0 Å². The number of carbonyl (C=O) groups excluding carboxylic acids is 4. The number of ketones is 1. The van der Waals surface area contributed by atoms with Crippen molar-refractivity contribution in [3.05, 3.63) is 0 Å². The molecule has 0 bridgehead atoms. The van der Waals surface area contributed by atoms with Crippen molar-refractivity contribution in [2.24, 2.45) is 5.73 Å². The van der Waals surface area contributed by atoms with Crippen molar-refractivity contribution in [3.8, 4) is 0 Å². The lowest BCUT2D eigenvalue weighted by Gasteiger charge is -2.17. The summed E-state index contributed by atoms with van der Waals surface area (Å²) in [5, 5.41) is 14.9. The number of rotatable bonds is 12. The van der Waals surface area contributed by atoms with Crippen LogP contribution in [0.5, 0.6) is 0 Å². The molecule has 0 spiro atoms. The molecule has 6 N–H and O–H groups in total. The number of carbonyl (C=O) groups is 5. The summed E-state index contributed by atoms with van der Waals surface area (Å²) in [5.74, 6) is -3.26. The van der Waals surface area contributed by atoms with Crippen LogP contribution in [-0.2, 0) is 24.0 Å². The Morgan fingerprint density at radius 2 is 1.77 bits per heavy atom. The predicted molar refractivity (Wildman–Crippen MR) is 100 cm³/mol. The molecule has 0 unspecified atom stereocenters. The Hall–Kier alpha value is -1.79. The standard InChI is InChI=1S/C14H24N4O6S2/c1-16-12(21)4-10(26)9(19)5-17-13(22)8(6-25)18-11(20)3-2-7(15)14(23)24/h7-8,10,25-26H,2-6,15H2,1H3,(H,16,21)(H,17,22)(H,18,20)(H,23,24)/t7-,8-,10+/m0/s1. The van der Waals surface area contributed by atoms with E-state index in [1.54, 1.807) is 0 Å². The summed E-state index contributed by atoms with van der Waals surface area (Å²) in [6, 6.07) is -2.17. The van der Waals surface area contributed by atoms with Gasteiger partial charge in [-0.25, -0.2) is 0 Å². The number of thiol groups is 2. The van der Waals surface area contributed by atoms with E-state index in [4.69, 9.17) is 10.8 Å². The Labute approximate surface area is 161 Å². The van der Waals surface area contributed by atoms with E-state index in [0.29, 0.717) is 0 Å². The molecule has 0 aliphatic rings. The first-order valence-electron chi connectivity index (χ1n) is 7.70. The average Bonchev–Trinajstić information content (AvgIpc) is 2.61. The van der Waals surface area contributed by atoms with Gasteiger partial charge < -0.3 is 26.8 Å². The fraction of sp³-hybridized carbons (Fsp3) is 0.643. The number of Topliss-reactive ketones (excluding diaryl/α,β-unsaturated/α-hetero) is 1. The fourth-order valence-corrected chi connectivity index (χ4v) is 2.19. The van der Waals surface area contributed by atoms with Gasteiger partial charge in [0.1, 0.15) is 12.1 Å². The molecule has 0 rings (SSSR count). The minimum absolute atomic E-state index is 0.0285. The van der Waals surface area contributed by atoms with E-state index in [0.717, 1.165) is 0 Å². The quantitative estimate of drug-likeness (QED) is 0.178. The van der Waals surface area contributed by atoms with Gasteiger partial charge in [-0.1, -0.05) is 0 Å². The monoisotopic (exact) mass is 408 g/mol. The predicted octanol–water partition coefficient (Wildman–Crippen LogP) is -2.29. The first-order chi connectivity index (χ1) is 12.1. The third kappa shape index (κ3) is 9.63. The van der Waals surface area contributed by atoms with Crippen LogP contribution >= 0.6 is 25.3 Å². The second-order valence-electron chi connectivity index (χ2n) is 5.36. The highest BCUT2D eigenvalue weighted by molar-refractivity contribution is 7.81. The van der Waals surface area contributed by atoms with E-state index >= 15 is 0 Å². The lowest BCUT2D eigenvalue weighted by Crippen LogP contribution is -2.49. The molecule has 26 heavy (non-hydrogen) atoms. The fourth-order valence-electron chi connectivity index (χ4n) is 1.68. The van der Waals surface area contributed by atoms with Crippen LogP contribution < -0.4 is 21.7 Å². The highest BCUT2D eigenvalue weighted by Crippen LogP contribution is 2.02. The molecule has 0 fully saturated rings. The maximum atomic E-state index is 12.0. The van der Waals surface area contributed by atoms with Crippen molar-refractivity contribution >= 4 is 54.7 Å². The Balaban J connectivity index is 4.39. The molecular formula is C14H24N4O6S2. The molecule has 0 aromatic heterocycles. The van der Waals surface area contributed by atoms with Crippen molar-refractivity contribution in [3.63, 3.8) is 0 Å². The second-order valence-corrected chi connectivity index (χ2v) is 6.35. The van der Waals surface area contributed by atoms with E-state index in [1.165, 1.54) is 7.05 Å². The van der Waals surface area contributed by atoms with Crippen LogP contribution in [0.4, 0.5) is 0 Å². The summed E-state index contributed by atoms with van der Waals surface area (Å²) in [5.41, 5.74) is 5.29. The zero-order chi connectivity index (χ0) is 20.3. The van der Waals surface area contributed by atoms with Crippen LogP contribution in [-0.4, -0.2) is 71.3 Å². The Bertz CT molecular complexity index is 546. The average molecular weight is 409 g/mol. The normalized spacial score (nSPS) is 13.8. The topological polar surface area (TPSA) is 168 Å². The Morgan fingerprint density at radius 3 is 2.27 bits per heavy atom. The molecule has 10 nitrogen and oxygen atoms in total. The Kier molecular flexibility index (Phi) is 11.7. The minimum atomic E-state index is -1.22. The highest BCUT2D eigenvalue weighted by atomic mass is 32.1. The molecule has 0 aliphatic heterocycles. The van der Waals surface area contributed by atoms with Crippen LogP contribution in [0, 0.1) is 0 Å². The molecule has 0 saturated carbocycles. The van der Waals surface area contributed by atoms with Crippen molar-refractivity contribution in [1.29, 1.82) is 0 Å². The molecular weight excluding hydrogens is 384 g/mol. The van der Waals surface area contributed by atoms with Gasteiger partial charge >= 0.3 is 5.97 Å². The minimum Gasteiger partial charge on any atom is -0.480 e. The largest absolute Gasteiger partial charge is 0.480 e. The van der Waals surface area contributed by atoms with Crippen molar-refractivity contribution in [2.45, 2.75) is 36.6 Å². The number of hydrogen-bond donors (Lipinski definition) is 7. The van der Waals surface area contributed by atoms with Gasteiger partial charge in [-0.3, -0.25) is 24.0 Å². The summed E-state index contributed by atoms with van der Waals surface area (Å²) in [6.07, 6.45) is -0.374. The molecule has 0 saturated heterocycles. The van der Waals surface area contributed by atoms with Gasteiger partial charge in [-0.05, 0) is 6.42 Å². The van der Waals surface area contributed by atoms with E-state index in [-0.39, 0.29) is 37.5 Å². The third-order valence-corrected chi connectivity index (χ3v) is 4.14. The maximum Gasteiger partial charge on any atom is 0.320 e. The molecule has 0 aliphatic carbocycles. The first-order valence-corrected chi connectivity index (χ1v) is 8.84. The van der Waals surface area contributed by atoms with Gasteiger partial charge in [0.2, 0.25) is 17.7 Å². The molecule has 3 amide bonds. The van der Waals surface area contributed by atoms with E-state index < -0.39 is 40.9 Å². The number of hydrogen-bond acceptors (Lipinski definition) is 8. The number of nitrogens with two attached hydrogens (primary N) is 1. The van der Waals surface area contributed by atoms with Gasteiger partial charge in [0.15, 0.2) is 5.78 Å². The molecule has 0 heterocycles. The first kappa shape index (κ1) is 24.2. The van der Waals surface area contributed by atoms with Crippen LogP contribution in [0.25, 0.3) is 0 Å². The number of amides is 3. The molecule has 0 aromatic carbocycles. The number of nitrogens with one attached hydrogen (secondary N) is 3. The van der Waals surface area contributed by atoms with Gasteiger partial charge in [0.25, 0.3) is 0 Å². The van der Waals surface area contributed by atoms with Gasteiger partial charge in [0, 0.05) is 25.6 Å². The van der Waals surface area contributed by atoms with Crippen LogP contribution in [0.3, 0.4) is 0 Å². The summed E-state index contributed by atoms with van der Waals surface area (Å²) >= 11 is 7.97. The second kappa shape index (κ2) is 12.5. The van der Waals surface area contributed by atoms with E-state index in [9.17, 15) is 24.0 Å². The van der Waals surface area contributed by atoms with Crippen molar-refractivity contribution < 1.29 is 29.1 Å². The molecule has 0 aromatic rings. The van der Waals surface area contributed by atoms with Crippen LogP contribution in [0.2, 0.25) is 0 Å². The zero-order valence-corrected chi connectivity index (χ0v) is 16.0. The lowest BCUT2D eigenvalue weighted by atomic mass is 10.1. The van der Waals surface area contributed by atoms with Gasteiger partial charge in [0.05, 0.1) is 11.8 Å². The van der Waals surface area contributed by atoms with Crippen LogP contribution in [0.1, 0.15) is 19.3 Å². The maximum absolute atomic E-state index is 12.0. The number of aliphatic carboxylic acids is 1. The van der Waals surface area contributed by atoms with Gasteiger partial charge in [-0.15, -0.1) is 0 Å². The SMILES string of the molecule is CNC(=O)C[C@@H](S)C(=O)CNC(=O)[C@H](CS)NC(=O)CC[C@H](N)C(=O)O. The number of carboxylic acid groups (broad SMARTS) is 1. The van der Waals surface area contributed by atoms with Crippen molar-refractivity contribution in [1.82, 2.24) is 16.0 Å². The van der Waals surface area contributed by atoms with E-state index in [1.807, 2.05) is 0 Å². The summed E-state index contributed by atoms with van der Waals surface area (Å²) in [4.78, 5) is 57.4. The van der Waals surface area contributed by atoms with Crippen molar-refractivity contribution in [2.75, 3.05) is 19.3 Å². The third-order valence-electron chi connectivity index (χ3n) is 3.30. The number of carboxylic acids is 1. The summed E-state index contributed by atoms with van der Waals surface area (Å²) < 4.78 is 0. The highest BCUT2D eigenvalue weighted by Gasteiger charge is 2.23.